The van der Waals surface area contributed by atoms with Crippen molar-refractivity contribution in [1.29, 1.82) is 0 Å². The fourth-order valence-corrected chi connectivity index (χ4v) is 2.95. The highest BCUT2D eigenvalue weighted by atomic mass is 16.3. The van der Waals surface area contributed by atoms with E-state index in [0.29, 0.717) is 12.0 Å². The summed E-state index contributed by atoms with van der Waals surface area (Å²) in [5.74, 6) is 1.37. The minimum Gasteiger partial charge on any atom is -0.459 e. The molecule has 24 heavy (non-hydrogen) atoms. The van der Waals surface area contributed by atoms with Gasteiger partial charge in [-0.3, -0.25) is 0 Å². The van der Waals surface area contributed by atoms with Crippen LogP contribution in [-0.4, -0.2) is 16.0 Å². The summed E-state index contributed by atoms with van der Waals surface area (Å²) in [6, 6.07) is 8.85. The standard InChI is InChI=1S/C19H22N4O/c1-3-12-5-6-15(11-13(12)4-2)21-19-22-16-9-10-24-17(16)18(23-19)20-14-7-8-14/h5-6,9-11,14H,3-4,7-8H2,1-2H3,(H2,20,21,22,23). The van der Waals surface area contributed by atoms with Crippen LogP contribution in [0.4, 0.5) is 17.5 Å². The lowest BCUT2D eigenvalue weighted by Gasteiger charge is -2.11. The van der Waals surface area contributed by atoms with Crippen LogP contribution in [0.1, 0.15) is 37.8 Å². The molecule has 5 nitrogen and oxygen atoms in total. The topological polar surface area (TPSA) is 63.0 Å². The summed E-state index contributed by atoms with van der Waals surface area (Å²) in [5.41, 5.74) is 5.32. The Morgan fingerprint density at radius 1 is 1.08 bits per heavy atom. The first kappa shape index (κ1) is 15.0. The predicted octanol–water partition coefficient (Wildman–Crippen LogP) is 4.67. The zero-order valence-electron chi connectivity index (χ0n) is 14.1. The molecule has 1 aromatic carbocycles. The summed E-state index contributed by atoms with van der Waals surface area (Å²) in [5, 5.41) is 6.77. The van der Waals surface area contributed by atoms with Crippen molar-refractivity contribution < 1.29 is 4.42 Å². The van der Waals surface area contributed by atoms with Gasteiger partial charge in [0, 0.05) is 17.8 Å². The van der Waals surface area contributed by atoms with Crippen LogP contribution in [0.2, 0.25) is 0 Å². The number of nitrogens with one attached hydrogen (secondary N) is 2. The van der Waals surface area contributed by atoms with Crippen molar-refractivity contribution in [3.05, 3.63) is 41.7 Å². The molecule has 2 N–H and O–H groups in total. The number of aromatic nitrogens is 2. The van der Waals surface area contributed by atoms with Gasteiger partial charge in [-0.05, 0) is 48.9 Å². The monoisotopic (exact) mass is 322 g/mol. The maximum Gasteiger partial charge on any atom is 0.229 e. The number of aryl methyl sites for hydroxylation is 2. The Hall–Kier alpha value is -2.56. The van der Waals surface area contributed by atoms with E-state index in [4.69, 9.17) is 4.42 Å². The van der Waals surface area contributed by atoms with E-state index in [1.807, 2.05) is 6.07 Å². The van der Waals surface area contributed by atoms with E-state index in [1.54, 1.807) is 6.26 Å². The molecule has 0 amide bonds. The largest absolute Gasteiger partial charge is 0.459 e. The van der Waals surface area contributed by atoms with Gasteiger partial charge in [-0.2, -0.15) is 4.98 Å². The third kappa shape index (κ3) is 2.94. The van der Waals surface area contributed by atoms with Crippen molar-refractivity contribution in [3.8, 4) is 0 Å². The van der Waals surface area contributed by atoms with Gasteiger partial charge >= 0.3 is 0 Å². The zero-order chi connectivity index (χ0) is 16.5. The van der Waals surface area contributed by atoms with E-state index in [9.17, 15) is 0 Å². The molecule has 0 bridgehead atoms. The predicted molar refractivity (Wildman–Crippen MR) is 96.9 cm³/mol. The highest BCUT2D eigenvalue weighted by molar-refractivity contribution is 5.85. The van der Waals surface area contributed by atoms with Gasteiger partial charge in [-0.1, -0.05) is 19.9 Å². The molecule has 3 aromatic rings. The molecular weight excluding hydrogens is 300 g/mol. The summed E-state index contributed by atoms with van der Waals surface area (Å²) in [4.78, 5) is 9.18. The second kappa shape index (κ2) is 6.15. The van der Waals surface area contributed by atoms with Crippen molar-refractivity contribution in [3.63, 3.8) is 0 Å². The number of fused-ring (bicyclic) bond motifs is 1. The van der Waals surface area contributed by atoms with Crippen LogP contribution >= 0.6 is 0 Å². The highest BCUT2D eigenvalue weighted by Gasteiger charge is 2.23. The fraction of sp³-hybridized carbons (Fsp3) is 0.368. The van der Waals surface area contributed by atoms with Gasteiger partial charge in [-0.25, -0.2) is 4.98 Å². The number of rotatable bonds is 6. The first-order valence-electron chi connectivity index (χ1n) is 8.67. The van der Waals surface area contributed by atoms with E-state index < -0.39 is 0 Å². The molecule has 4 rings (SSSR count). The van der Waals surface area contributed by atoms with Gasteiger partial charge in [0.2, 0.25) is 5.95 Å². The van der Waals surface area contributed by atoms with Gasteiger partial charge < -0.3 is 15.1 Å². The number of furan rings is 1. The quantitative estimate of drug-likeness (QED) is 0.691. The maximum absolute atomic E-state index is 5.53. The van der Waals surface area contributed by atoms with E-state index in [0.717, 1.165) is 35.4 Å². The van der Waals surface area contributed by atoms with Crippen LogP contribution in [-0.2, 0) is 12.8 Å². The molecule has 2 aromatic heterocycles. The third-order valence-corrected chi connectivity index (χ3v) is 4.45. The van der Waals surface area contributed by atoms with E-state index in [-0.39, 0.29) is 0 Å². The minimum absolute atomic E-state index is 0.511. The number of hydrogen-bond acceptors (Lipinski definition) is 5. The average Bonchev–Trinajstić information content (AvgIpc) is 3.28. The van der Waals surface area contributed by atoms with Crippen LogP contribution in [0.25, 0.3) is 11.1 Å². The van der Waals surface area contributed by atoms with E-state index in [1.165, 1.54) is 24.0 Å². The van der Waals surface area contributed by atoms with Crippen molar-refractivity contribution in [2.75, 3.05) is 10.6 Å². The van der Waals surface area contributed by atoms with Crippen LogP contribution in [0, 0.1) is 0 Å². The van der Waals surface area contributed by atoms with Crippen molar-refractivity contribution in [2.45, 2.75) is 45.6 Å². The smallest absolute Gasteiger partial charge is 0.229 e. The molecule has 1 saturated carbocycles. The lowest BCUT2D eigenvalue weighted by molar-refractivity contribution is 0.614. The normalized spacial score (nSPS) is 14.1. The minimum atomic E-state index is 0.511. The Morgan fingerprint density at radius 2 is 1.92 bits per heavy atom. The summed E-state index contributed by atoms with van der Waals surface area (Å²) < 4.78 is 5.53. The Morgan fingerprint density at radius 3 is 2.67 bits per heavy atom. The zero-order valence-corrected chi connectivity index (χ0v) is 14.1. The van der Waals surface area contributed by atoms with E-state index >= 15 is 0 Å². The first-order chi connectivity index (χ1) is 11.8. The molecule has 5 heteroatoms. The number of anilines is 3. The van der Waals surface area contributed by atoms with Crippen molar-refractivity contribution in [2.24, 2.45) is 0 Å². The molecule has 0 unspecified atom stereocenters. The third-order valence-electron chi connectivity index (χ3n) is 4.45. The average molecular weight is 322 g/mol. The van der Waals surface area contributed by atoms with Crippen LogP contribution in [0.5, 0.6) is 0 Å². The van der Waals surface area contributed by atoms with Crippen LogP contribution in [0.3, 0.4) is 0 Å². The Kier molecular flexibility index (Phi) is 3.84. The molecule has 2 heterocycles. The van der Waals surface area contributed by atoms with Gasteiger partial charge in [-0.15, -0.1) is 0 Å². The molecule has 0 spiro atoms. The lowest BCUT2D eigenvalue weighted by atomic mass is 10.0. The SMILES string of the molecule is CCc1ccc(Nc2nc(NC3CC3)c3occc3n2)cc1CC. The summed E-state index contributed by atoms with van der Waals surface area (Å²) in [7, 11) is 0. The van der Waals surface area contributed by atoms with Gasteiger partial charge in [0.25, 0.3) is 0 Å². The summed E-state index contributed by atoms with van der Waals surface area (Å²) in [6.07, 6.45) is 6.11. The van der Waals surface area contributed by atoms with Gasteiger partial charge in [0.15, 0.2) is 11.4 Å². The molecular formula is C19H22N4O. The summed E-state index contributed by atoms with van der Waals surface area (Å²) in [6.45, 7) is 4.37. The van der Waals surface area contributed by atoms with Crippen LogP contribution < -0.4 is 10.6 Å². The first-order valence-corrected chi connectivity index (χ1v) is 8.67. The fourth-order valence-electron chi connectivity index (χ4n) is 2.95. The Bertz CT molecular complexity index is 867. The van der Waals surface area contributed by atoms with Gasteiger partial charge in [0.1, 0.15) is 5.52 Å². The van der Waals surface area contributed by atoms with E-state index in [2.05, 4.69) is 52.6 Å². The van der Waals surface area contributed by atoms with Crippen LogP contribution in [0.15, 0.2) is 34.9 Å². The molecule has 124 valence electrons. The molecule has 0 aliphatic heterocycles. The Balaban J connectivity index is 1.66. The molecule has 0 saturated heterocycles. The lowest BCUT2D eigenvalue weighted by Crippen LogP contribution is -2.06. The maximum atomic E-state index is 5.53. The second-order valence-electron chi connectivity index (χ2n) is 6.26. The van der Waals surface area contributed by atoms with Crippen molar-refractivity contribution >= 4 is 28.6 Å². The number of hydrogen-bond donors (Lipinski definition) is 2. The molecule has 1 fully saturated rings. The second-order valence-corrected chi connectivity index (χ2v) is 6.26. The Labute approximate surface area is 141 Å². The number of nitrogens with zero attached hydrogens (tertiary/aromatic N) is 2. The van der Waals surface area contributed by atoms with Gasteiger partial charge in [0.05, 0.1) is 6.26 Å². The molecule has 0 atom stereocenters. The highest BCUT2D eigenvalue weighted by Crippen LogP contribution is 2.30. The van der Waals surface area contributed by atoms with Crippen molar-refractivity contribution in [1.82, 2.24) is 9.97 Å². The number of benzene rings is 1. The molecule has 1 aliphatic carbocycles. The molecule has 0 radical (unpaired) electrons. The molecule has 1 aliphatic rings. The summed E-state index contributed by atoms with van der Waals surface area (Å²) >= 11 is 0.